The summed E-state index contributed by atoms with van der Waals surface area (Å²) in [5.74, 6) is 0.386. The Kier molecular flexibility index (Phi) is 9.08. The molecular formula is C61H53N5O. The predicted molar refractivity (Wildman–Crippen MR) is 282 cm³/mol. The van der Waals surface area contributed by atoms with Crippen molar-refractivity contribution in [3.05, 3.63) is 187 Å². The molecule has 0 atom stereocenters. The molecule has 0 N–H and O–H groups in total. The minimum atomic E-state index is 0.0468. The highest BCUT2D eigenvalue weighted by molar-refractivity contribution is 6.29. The van der Waals surface area contributed by atoms with Crippen molar-refractivity contribution in [2.75, 3.05) is 9.80 Å². The van der Waals surface area contributed by atoms with Crippen LogP contribution in [-0.2, 0) is 10.8 Å². The number of aromatic nitrogens is 3. The maximum absolute atomic E-state index is 6.79. The Bertz CT molecular complexity index is 3830. The second-order valence-corrected chi connectivity index (χ2v) is 20.7. The molecule has 328 valence electrons. The molecule has 6 heteroatoms. The number of anilines is 6. The lowest BCUT2D eigenvalue weighted by molar-refractivity contribution is 0.590. The smallest absolute Gasteiger partial charge is 0.137 e. The molecule has 6 nitrogen and oxygen atoms in total. The van der Waals surface area contributed by atoms with Crippen molar-refractivity contribution in [2.24, 2.45) is 0 Å². The molecule has 0 radical (unpaired) electrons. The van der Waals surface area contributed by atoms with Crippen LogP contribution in [0.2, 0.25) is 0 Å². The molecule has 0 aliphatic heterocycles. The van der Waals surface area contributed by atoms with Crippen LogP contribution < -0.4 is 9.80 Å². The van der Waals surface area contributed by atoms with Crippen molar-refractivity contribution < 1.29 is 4.42 Å². The summed E-state index contributed by atoms with van der Waals surface area (Å²) in [6.45, 7) is 18.1. The Morgan fingerprint density at radius 2 is 1.10 bits per heavy atom. The fourth-order valence-corrected chi connectivity index (χ4v) is 10.3. The summed E-state index contributed by atoms with van der Waals surface area (Å²) >= 11 is 0. The highest BCUT2D eigenvalue weighted by Crippen LogP contribution is 2.49. The standard InChI is InChI=1S/C61H53N5O/c1-37(2)38-11-23-53-52(30-38)58-54(65(45-25-28-62-29-26-45)44-18-14-42(15-19-44)61(6,7)8)24-22-49-50-31-40-34-56-51(32-39(40)33-55(50)66(53)59(49)58)48-21-20-46(35-57(48)67-56)64(47-10-9-27-63-36-47)43-16-12-41(13-17-43)60(3,4)5/h9-37H,1-8H3. The minimum Gasteiger partial charge on any atom is -0.456 e. The van der Waals surface area contributed by atoms with Crippen molar-refractivity contribution in [1.82, 2.24) is 14.4 Å². The largest absolute Gasteiger partial charge is 0.456 e. The van der Waals surface area contributed by atoms with Gasteiger partial charge in [-0.1, -0.05) is 91.8 Å². The van der Waals surface area contributed by atoms with Crippen molar-refractivity contribution in [2.45, 2.75) is 72.1 Å². The third kappa shape index (κ3) is 6.60. The van der Waals surface area contributed by atoms with Crippen molar-refractivity contribution in [1.29, 1.82) is 0 Å². The number of benzene rings is 7. The van der Waals surface area contributed by atoms with E-state index in [1.165, 1.54) is 60.2 Å². The number of hydrogen-bond donors (Lipinski definition) is 0. The monoisotopic (exact) mass is 871 g/mol. The van der Waals surface area contributed by atoms with Gasteiger partial charge in [-0.3, -0.25) is 9.97 Å². The summed E-state index contributed by atoms with van der Waals surface area (Å²) in [6, 6.07) is 53.9. The lowest BCUT2D eigenvalue weighted by atomic mass is 9.87. The molecule has 0 bridgehead atoms. The summed E-state index contributed by atoms with van der Waals surface area (Å²) in [7, 11) is 0. The van der Waals surface area contributed by atoms with Crippen LogP contribution in [0.1, 0.15) is 78.0 Å². The SMILES string of the molecule is CC(C)c1ccc2c(c1)c1c(N(c3ccncc3)c3ccc(C(C)(C)C)cc3)ccc3c4cc5cc6oc7cc(N(c8ccc(C(C)(C)C)cc8)c8cccnc8)ccc7c6cc5cc4n2c31. The summed E-state index contributed by atoms with van der Waals surface area (Å²) in [5, 5.41) is 9.46. The van der Waals surface area contributed by atoms with Gasteiger partial charge >= 0.3 is 0 Å². The number of pyridine rings is 2. The number of nitrogens with zero attached hydrogens (tertiary/aromatic N) is 5. The fourth-order valence-electron chi connectivity index (χ4n) is 10.3. The van der Waals surface area contributed by atoms with Crippen LogP contribution in [0.15, 0.2) is 175 Å². The number of fused-ring (bicyclic) bond motifs is 10. The molecule has 0 saturated carbocycles. The molecule has 0 saturated heterocycles. The summed E-state index contributed by atoms with van der Waals surface area (Å²) in [4.78, 5) is 13.6. The molecule has 7 aromatic carbocycles. The van der Waals surface area contributed by atoms with Crippen molar-refractivity contribution in [3.63, 3.8) is 0 Å². The molecule has 0 aliphatic rings. The minimum absolute atomic E-state index is 0.0468. The van der Waals surface area contributed by atoms with E-state index in [2.05, 4.69) is 219 Å². The zero-order chi connectivity index (χ0) is 45.9. The van der Waals surface area contributed by atoms with Crippen LogP contribution in [0, 0.1) is 0 Å². The van der Waals surface area contributed by atoms with E-state index in [-0.39, 0.29) is 10.8 Å². The number of hydrogen-bond acceptors (Lipinski definition) is 5. The summed E-state index contributed by atoms with van der Waals surface area (Å²) in [5.41, 5.74) is 15.8. The van der Waals surface area contributed by atoms with Gasteiger partial charge in [-0.25, -0.2) is 0 Å². The lowest BCUT2D eigenvalue weighted by Crippen LogP contribution is -2.13. The molecule has 5 aromatic heterocycles. The third-order valence-electron chi connectivity index (χ3n) is 13.9. The number of furan rings is 1. The Morgan fingerprint density at radius 1 is 0.478 bits per heavy atom. The van der Waals surface area contributed by atoms with Crippen LogP contribution in [0.3, 0.4) is 0 Å². The zero-order valence-electron chi connectivity index (χ0n) is 39.4. The highest BCUT2D eigenvalue weighted by Gasteiger charge is 2.26. The maximum atomic E-state index is 6.79. The molecule has 67 heavy (non-hydrogen) atoms. The van der Waals surface area contributed by atoms with E-state index in [1.807, 2.05) is 30.9 Å². The molecule has 5 heterocycles. The first kappa shape index (κ1) is 40.8. The van der Waals surface area contributed by atoms with Crippen LogP contribution in [0.5, 0.6) is 0 Å². The summed E-state index contributed by atoms with van der Waals surface area (Å²) in [6.07, 6.45) is 7.51. The average molecular weight is 872 g/mol. The maximum Gasteiger partial charge on any atom is 0.137 e. The first-order valence-electron chi connectivity index (χ1n) is 23.5. The van der Waals surface area contributed by atoms with Crippen LogP contribution in [0.4, 0.5) is 34.1 Å². The van der Waals surface area contributed by atoms with Crippen LogP contribution >= 0.6 is 0 Å². The van der Waals surface area contributed by atoms with E-state index in [4.69, 9.17) is 4.42 Å². The second kappa shape index (κ2) is 14.9. The summed E-state index contributed by atoms with van der Waals surface area (Å²) < 4.78 is 9.31. The van der Waals surface area contributed by atoms with Crippen molar-refractivity contribution >= 4 is 105 Å². The molecule has 0 fully saturated rings. The quantitative estimate of drug-likeness (QED) is 0.160. The first-order valence-corrected chi connectivity index (χ1v) is 23.5. The molecule has 0 aliphatic carbocycles. The van der Waals surface area contributed by atoms with Gasteiger partial charge in [-0.2, -0.15) is 0 Å². The van der Waals surface area contributed by atoms with E-state index in [9.17, 15) is 0 Å². The Balaban J connectivity index is 1.05. The Morgan fingerprint density at radius 3 is 1.78 bits per heavy atom. The topological polar surface area (TPSA) is 49.8 Å². The molecule has 12 rings (SSSR count). The van der Waals surface area contributed by atoms with Gasteiger partial charge in [0.25, 0.3) is 0 Å². The zero-order valence-corrected chi connectivity index (χ0v) is 39.4. The van der Waals surface area contributed by atoms with Gasteiger partial charge in [0.2, 0.25) is 0 Å². The fraction of sp³-hybridized carbons (Fsp3) is 0.180. The number of rotatable bonds is 7. The van der Waals surface area contributed by atoms with Gasteiger partial charge in [0.1, 0.15) is 11.2 Å². The van der Waals surface area contributed by atoms with Gasteiger partial charge < -0.3 is 18.6 Å². The molecular weight excluding hydrogens is 819 g/mol. The lowest BCUT2D eigenvalue weighted by Gasteiger charge is -2.27. The van der Waals surface area contributed by atoms with Gasteiger partial charge in [0.15, 0.2) is 0 Å². The van der Waals surface area contributed by atoms with E-state index < -0.39 is 0 Å². The highest BCUT2D eigenvalue weighted by atomic mass is 16.3. The van der Waals surface area contributed by atoms with Gasteiger partial charge in [0, 0.05) is 79.7 Å². The van der Waals surface area contributed by atoms with E-state index >= 15 is 0 Å². The van der Waals surface area contributed by atoms with Crippen LogP contribution in [-0.4, -0.2) is 14.4 Å². The average Bonchev–Trinajstić information content (AvgIpc) is 3.97. The molecule has 0 unspecified atom stereocenters. The molecule has 0 spiro atoms. The normalized spacial score (nSPS) is 12.6. The second-order valence-electron chi connectivity index (χ2n) is 20.7. The van der Waals surface area contributed by atoms with E-state index in [0.29, 0.717) is 5.92 Å². The van der Waals surface area contributed by atoms with Gasteiger partial charge in [0.05, 0.1) is 34.1 Å². The molecule has 12 aromatic rings. The molecule has 0 amide bonds. The van der Waals surface area contributed by atoms with Gasteiger partial charge in [-0.05, 0) is 147 Å². The van der Waals surface area contributed by atoms with Gasteiger partial charge in [-0.15, -0.1) is 0 Å². The van der Waals surface area contributed by atoms with E-state index in [0.717, 1.165) is 61.4 Å². The van der Waals surface area contributed by atoms with E-state index in [1.54, 1.807) is 0 Å². The Labute approximate surface area is 391 Å². The third-order valence-corrected chi connectivity index (χ3v) is 13.9. The Hall–Kier alpha value is -7.70. The first-order chi connectivity index (χ1) is 32.3. The van der Waals surface area contributed by atoms with Crippen LogP contribution in [0.25, 0.3) is 70.8 Å². The predicted octanol–water partition coefficient (Wildman–Crippen LogP) is 17.3. The van der Waals surface area contributed by atoms with Crippen molar-refractivity contribution in [3.8, 4) is 0 Å².